The summed E-state index contributed by atoms with van der Waals surface area (Å²) >= 11 is 0. The summed E-state index contributed by atoms with van der Waals surface area (Å²) in [6.07, 6.45) is 5.78. The molecule has 18 heavy (non-hydrogen) atoms. The number of likely N-dealkylation sites (tertiary alicyclic amines) is 1. The van der Waals surface area contributed by atoms with Crippen molar-refractivity contribution in [3.8, 4) is 0 Å². The molecule has 98 valence electrons. The van der Waals surface area contributed by atoms with E-state index in [4.69, 9.17) is 0 Å². The van der Waals surface area contributed by atoms with E-state index in [1.54, 1.807) is 6.20 Å². The lowest BCUT2D eigenvalue weighted by atomic mass is 9.96. The average molecular weight is 249 g/mol. The fourth-order valence-corrected chi connectivity index (χ4v) is 3.28. The molecular formula is C13H19N3O2. The molecule has 1 aromatic rings. The normalized spacial score (nSPS) is 28.3. The number of hydrogen-bond donors (Lipinski definition) is 1. The van der Waals surface area contributed by atoms with Gasteiger partial charge in [-0.25, -0.2) is 4.98 Å². The molecule has 0 spiro atoms. The van der Waals surface area contributed by atoms with Gasteiger partial charge >= 0.3 is 5.97 Å². The van der Waals surface area contributed by atoms with Crippen LogP contribution >= 0.6 is 0 Å². The number of imidazole rings is 1. The van der Waals surface area contributed by atoms with Gasteiger partial charge in [-0.2, -0.15) is 0 Å². The Morgan fingerprint density at radius 3 is 2.83 bits per heavy atom. The minimum Gasteiger partial charge on any atom is -0.481 e. The topological polar surface area (TPSA) is 58.4 Å². The third kappa shape index (κ3) is 1.73. The van der Waals surface area contributed by atoms with Crippen LogP contribution in [-0.2, 0) is 11.3 Å². The number of aliphatic carboxylic acids is 1. The molecule has 3 rings (SSSR count). The molecule has 3 heterocycles. The van der Waals surface area contributed by atoms with E-state index in [-0.39, 0.29) is 5.92 Å². The number of rotatable bonds is 2. The molecule has 2 aliphatic rings. The number of nitrogens with zero attached hydrogens (tertiary/aromatic N) is 3. The first-order valence-electron chi connectivity index (χ1n) is 6.67. The molecule has 0 radical (unpaired) electrons. The second kappa shape index (κ2) is 4.39. The first-order valence-corrected chi connectivity index (χ1v) is 6.67. The SMILES string of the molecule is CN1CCCC1c1ncc2n1CCCC2C(=O)O. The summed E-state index contributed by atoms with van der Waals surface area (Å²) < 4.78 is 2.15. The van der Waals surface area contributed by atoms with Crippen molar-refractivity contribution in [2.45, 2.75) is 44.2 Å². The predicted molar refractivity (Wildman–Crippen MR) is 66.4 cm³/mol. The van der Waals surface area contributed by atoms with Gasteiger partial charge in [0.25, 0.3) is 0 Å². The van der Waals surface area contributed by atoms with Crippen molar-refractivity contribution in [2.75, 3.05) is 13.6 Å². The maximum absolute atomic E-state index is 11.3. The minimum absolute atomic E-state index is 0.367. The van der Waals surface area contributed by atoms with Crippen molar-refractivity contribution in [3.05, 3.63) is 17.7 Å². The van der Waals surface area contributed by atoms with Crippen molar-refractivity contribution in [1.82, 2.24) is 14.5 Å². The van der Waals surface area contributed by atoms with E-state index in [1.807, 2.05) is 0 Å². The fourth-order valence-electron chi connectivity index (χ4n) is 3.28. The molecule has 0 amide bonds. The molecule has 1 aromatic heterocycles. The first-order chi connectivity index (χ1) is 8.68. The third-order valence-corrected chi connectivity index (χ3v) is 4.27. The standard InChI is InChI=1S/C13H19N3O2/c1-15-6-3-5-10(15)12-14-8-11-9(13(17)18)4-2-7-16(11)12/h8-10H,2-7H2,1H3,(H,17,18). The first kappa shape index (κ1) is 11.7. The Morgan fingerprint density at radius 2 is 2.17 bits per heavy atom. The molecule has 5 nitrogen and oxygen atoms in total. The molecule has 1 fully saturated rings. The van der Waals surface area contributed by atoms with Gasteiger partial charge in [0.1, 0.15) is 5.82 Å². The van der Waals surface area contributed by atoms with Crippen LogP contribution in [0.1, 0.15) is 49.2 Å². The molecule has 1 N–H and O–H groups in total. The Balaban J connectivity index is 1.96. The number of carboxylic acids is 1. The highest BCUT2D eigenvalue weighted by molar-refractivity contribution is 5.75. The van der Waals surface area contributed by atoms with Gasteiger partial charge in [-0.3, -0.25) is 9.69 Å². The van der Waals surface area contributed by atoms with Crippen LogP contribution in [0.4, 0.5) is 0 Å². The molecule has 2 unspecified atom stereocenters. The van der Waals surface area contributed by atoms with Gasteiger partial charge in [0.05, 0.1) is 17.7 Å². The largest absolute Gasteiger partial charge is 0.481 e. The monoisotopic (exact) mass is 249 g/mol. The minimum atomic E-state index is -0.720. The van der Waals surface area contributed by atoms with E-state index in [1.165, 1.54) is 6.42 Å². The number of fused-ring (bicyclic) bond motifs is 1. The highest BCUT2D eigenvalue weighted by Crippen LogP contribution is 2.35. The lowest BCUT2D eigenvalue weighted by Gasteiger charge is -2.25. The Labute approximate surface area is 106 Å². The van der Waals surface area contributed by atoms with Gasteiger partial charge in [0.15, 0.2) is 0 Å². The summed E-state index contributed by atoms with van der Waals surface area (Å²) in [7, 11) is 2.12. The quantitative estimate of drug-likeness (QED) is 0.865. The predicted octanol–water partition coefficient (Wildman–Crippen LogP) is 1.61. The van der Waals surface area contributed by atoms with Crippen molar-refractivity contribution in [3.63, 3.8) is 0 Å². The molecule has 0 bridgehead atoms. The summed E-state index contributed by atoms with van der Waals surface area (Å²) in [5.74, 6) is -0.0233. The molecule has 5 heteroatoms. The average Bonchev–Trinajstić information content (AvgIpc) is 2.93. The maximum Gasteiger partial charge on any atom is 0.312 e. The van der Waals surface area contributed by atoms with Crippen molar-refractivity contribution in [1.29, 1.82) is 0 Å². The number of carboxylic acid groups (broad SMARTS) is 1. The Kier molecular flexibility index (Phi) is 2.86. The maximum atomic E-state index is 11.3. The highest BCUT2D eigenvalue weighted by Gasteiger charge is 2.33. The van der Waals surface area contributed by atoms with Gasteiger partial charge in [-0.15, -0.1) is 0 Å². The molecule has 0 aromatic carbocycles. The van der Waals surface area contributed by atoms with E-state index < -0.39 is 5.97 Å². The van der Waals surface area contributed by atoms with E-state index in [0.717, 1.165) is 43.9 Å². The van der Waals surface area contributed by atoms with Gasteiger partial charge in [0, 0.05) is 12.7 Å². The van der Waals surface area contributed by atoms with E-state index in [9.17, 15) is 9.90 Å². The van der Waals surface area contributed by atoms with Crippen LogP contribution in [-0.4, -0.2) is 39.1 Å². The zero-order chi connectivity index (χ0) is 12.7. The zero-order valence-electron chi connectivity index (χ0n) is 10.7. The smallest absolute Gasteiger partial charge is 0.312 e. The molecule has 1 saturated heterocycles. The van der Waals surface area contributed by atoms with Crippen molar-refractivity contribution >= 4 is 5.97 Å². The van der Waals surface area contributed by atoms with E-state index in [0.29, 0.717) is 6.04 Å². The molecule has 2 aliphatic heterocycles. The van der Waals surface area contributed by atoms with Crippen LogP contribution in [0.2, 0.25) is 0 Å². The molecule has 2 atom stereocenters. The third-order valence-electron chi connectivity index (χ3n) is 4.27. The summed E-state index contributed by atoms with van der Waals surface area (Å²) in [6.45, 7) is 2.02. The summed E-state index contributed by atoms with van der Waals surface area (Å²) in [5, 5.41) is 9.26. The van der Waals surface area contributed by atoms with E-state index in [2.05, 4.69) is 21.5 Å². The van der Waals surface area contributed by atoms with E-state index >= 15 is 0 Å². The van der Waals surface area contributed by atoms with Crippen LogP contribution in [0.15, 0.2) is 6.20 Å². The lowest BCUT2D eigenvalue weighted by molar-refractivity contribution is -0.139. The second-order valence-electron chi connectivity index (χ2n) is 5.36. The van der Waals surface area contributed by atoms with Gasteiger partial charge in [0.2, 0.25) is 0 Å². The molecular weight excluding hydrogens is 230 g/mol. The fraction of sp³-hybridized carbons (Fsp3) is 0.692. The van der Waals surface area contributed by atoms with Gasteiger partial charge in [-0.05, 0) is 39.3 Å². The Morgan fingerprint density at radius 1 is 1.39 bits per heavy atom. The van der Waals surface area contributed by atoms with Crippen LogP contribution in [0.25, 0.3) is 0 Å². The van der Waals surface area contributed by atoms with Gasteiger partial charge < -0.3 is 9.67 Å². The number of hydrogen-bond acceptors (Lipinski definition) is 3. The zero-order valence-corrected chi connectivity index (χ0v) is 10.7. The summed E-state index contributed by atoms with van der Waals surface area (Å²) in [5.41, 5.74) is 0.893. The summed E-state index contributed by atoms with van der Waals surface area (Å²) in [6, 6.07) is 0.367. The van der Waals surface area contributed by atoms with Crippen LogP contribution in [0.5, 0.6) is 0 Å². The number of carbonyl (C=O) groups is 1. The van der Waals surface area contributed by atoms with Crippen LogP contribution < -0.4 is 0 Å². The van der Waals surface area contributed by atoms with Crippen molar-refractivity contribution in [2.24, 2.45) is 0 Å². The molecule has 0 aliphatic carbocycles. The highest BCUT2D eigenvalue weighted by atomic mass is 16.4. The van der Waals surface area contributed by atoms with Crippen molar-refractivity contribution < 1.29 is 9.90 Å². The molecule has 0 saturated carbocycles. The Hall–Kier alpha value is -1.36. The summed E-state index contributed by atoms with van der Waals surface area (Å²) in [4.78, 5) is 18.1. The van der Waals surface area contributed by atoms with Crippen LogP contribution in [0.3, 0.4) is 0 Å². The van der Waals surface area contributed by atoms with Crippen LogP contribution in [0, 0.1) is 0 Å². The number of aromatic nitrogens is 2. The Bertz CT molecular complexity index is 469. The van der Waals surface area contributed by atoms with Gasteiger partial charge in [-0.1, -0.05) is 0 Å². The lowest BCUT2D eigenvalue weighted by Crippen LogP contribution is -2.26. The second-order valence-corrected chi connectivity index (χ2v) is 5.36.